The molecule has 0 spiro atoms. The van der Waals surface area contributed by atoms with Gasteiger partial charge in [-0.1, -0.05) is 0 Å². The van der Waals surface area contributed by atoms with Crippen LogP contribution in [0.4, 0.5) is 5.69 Å². The van der Waals surface area contributed by atoms with Gasteiger partial charge in [-0.2, -0.15) is 0 Å². The van der Waals surface area contributed by atoms with Crippen LogP contribution in [0.3, 0.4) is 0 Å². The first-order valence-corrected chi connectivity index (χ1v) is 8.07. The van der Waals surface area contributed by atoms with E-state index in [-0.39, 0.29) is 11.4 Å². The maximum absolute atomic E-state index is 12.4. The van der Waals surface area contributed by atoms with Gasteiger partial charge in [0.15, 0.2) is 0 Å². The molecular formula is C12H20BrN3O2S. The molecule has 0 aliphatic carbocycles. The van der Waals surface area contributed by atoms with Crippen molar-refractivity contribution in [3.63, 3.8) is 0 Å². The number of anilines is 1. The van der Waals surface area contributed by atoms with Crippen molar-refractivity contribution in [3.05, 3.63) is 22.7 Å². The Morgan fingerprint density at radius 3 is 2.42 bits per heavy atom. The fourth-order valence-corrected chi connectivity index (χ4v) is 3.84. The summed E-state index contributed by atoms with van der Waals surface area (Å²) in [7, 11) is 0.0957. The predicted molar refractivity (Wildman–Crippen MR) is 81.9 cm³/mol. The first-order valence-electron chi connectivity index (χ1n) is 5.80. The molecule has 1 aromatic carbocycles. The van der Waals surface area contributed by atoms with Crippen molar-refractivity contribution < 1.29 is 8.42 Å². The van der Waals surface area contributed by atoms with E-state index in [1.807, 2.05) is 25.1 Å². The van der Waals surface area contributed by atoms with Crippen LogP contribution in [0.1, 0.15) is 13.8 Å². The average Bonchev–Trinajstić information content (AvgIpc) is 2.27. The van der Waals surface area contributed by atoms with Gasteiger partial charge >= 0.3 is 0 Å². The fraction of sp³-hybridized carbons (Fsp3) is 0.500. The molecule has 0 aliphatic heterocycles. The smallest absolute Gasteiger partial charge is 0.242 e. The molecule has 0 heterocycles. The highest BCUT2D eigenvalue weighted by Crippen LogP contribution is 2.27. The molecule has 108 valence electrons. The van der Waals surface area contributed by atoms with Crippen LogP contribution in [0.15, 0.2) is 27.6 Å². The normalized spacial score (nSPS) is 12.5. The Bertz CT molecular complexity index is 556. The van der Waals surface area contributed by atoms with Gasteiger partial charge in [-0.15, -0.1) is 0 Å². The summed E-state index contributed by atoms with van der Waals surface area (Å²) >= 11 is 3.28. The van der Waals surface area contributed by atoms with Crippen LogP contribution in [-0.2, 0) is 10.0 Å². The third-order valence-electron chi connectivity index (χ3n) is 2.64. The topological polar surface area (TPSA) is 75.4 Å². The number of nitrogens with zero attached hydrogens (tertiary/aromatic N) is 1. The van der Waals surface area contributed by atoms with Gasteiger partial charge in [0.1, 0.15) is 0 Å². The Morgan fingerprint density at radius 2 is 1.95 bits per heavy atom. The maximum Gasteiger partial charge on any atom is 0.242 e. The molecular weight excluding hydrogens is 330 g/mol. The lowest BCUT2D eigenvalue weighted by molar-refractivity contribution is 0.462. The van der Waals surface area contributed by atoms with E-state index in [2.05, 4.69) is 20.7 Å². The second kappa shape index (κ2) is 5.78. The van der Waals surface area contributed by atoms with Crippen LogP contribution in [0, 0.1) is 0 Å². The number of hydrogen-bond acceptors (Lipinski definition) is 4. The van der Waals surface area contributed by atoms with Crippen LogP contribution < -0.4 is 15.4 Å². The van der Waals surface area contributed by atoms with E-state index in [1.54, 1.807) is 26.0 Å². The molecule has 0 aliphatic rings. The molecule has 0 aromatic heterocycles. The molecule has 0 amide bonds. The largest absolute Gasteiger partial charge is 0.378 e. The van der Waals surface area contributed by atoms with Crippen molar-refractivity contribution in [1.29, 1.82) is 0 Å². The molecule has 19 heavy (non-hydrogen) atoms. The molecule has 3 N–H and O–H groups in total. The van der Waals surface area contributed by atoms with Gasteiger partial charge < -0.3 is 10.6 Å². The van der Waals surface area contributed by atoms with Crippen LogP contribution in [0.2, 0.25) is 0 Å². The summed E-state index contributed by atoms with van der Waals surface area (Å²) in [4.78, 5) is 2.06. The number of nitrogens with two attached hydrogens (primary N) is 1. The number of nitrogens with one attached hydrogen (secondary N) is 1. The van der Waals surface area contributed by atoms with Gasteiger partial charge in [0.25, 0.3) is 0 Å². The Hall–Kier alpha value is -0.630. The SMILES string of the molecule is CN(C)c1ccc(Br)c(S(=O)(=O)NC(C)(C)CN)c1. The first kappa shape index (κ1) is 16.4. The standard InChI is InChI=1S/C12H20BrN3O2S/c1-12(2,8-14)15-19(17,18)11-7-9(16(3)4)5-6-10(11)13/h5-7,15H,8,14H2,1-4H3. The maximum atomic E-state index is 12.4. The Balaban J connectivity index is 3.25. The van der Waals surface area contributed by atoms with E-state index in [0.29, 0.717) is 4.47 Å². The van der Waals surface area contributed by atoms with E-state index < -0.39 is 15.6 Å². The highest BCUT2D eigenvalue weighted by Gasteiger charge is 2.26. The molecule has 0 saturated carbocycles. The van der Waals surface area contributed by atoms with Crippen LogP contribution in [-0.4, -0.2) is 34.6 Å². The zero-order chi connectivity index (χ0) is 14.8. The van der Waals surface area contributed by atoms with E-state index in [4.69, 9.17) is 5.73 Å². The van der Waals surface area contributed by atoms with Crippen molar-refractivity contribution in [2.45, 2.75) is 24.3 Å². The van der Waals surface area contributed by atoms with E-state index in [1.165, 1.54) is 0 Å². The summed E-state index contributed by atoms with van der Waals surface area (Å²) in [6, 6.07) is 5.19. The second-order valence-electron chi connectivity index (χ2n) is 5.20. The summed E-state index contributed by atoms with van der Waals surface area (Å²) in [6.07, 6.45) is 0. The van der Waals surface area contributed by atoms with E-state index in [0.717, 1.165) is 5.69 Å². The third-order valence-corrected chi connectivity index (χ3v) is 5.33. The number of benzene rings is 1. The lowest BCUT2D eigenvalue weighted by Gasteiger charge is -2.24. The number of hydrogen-bond donors (Lipinski definition) is 2. The molecule has 0 radical (unpaired) electrons. The second-order valence-corrected chi connectivity index (χ2v) is 7.71. The molecule has 0 saturated heterocycles. The minimum absolute atomic E-state index is 0.209. The first-order chi connectivity index (χ1) is 8.59. The number of halogens is 1. The quantitative estimate of drug-likeness (QED) is 0.845. The van der Waals surface area contributed by atoms with Crippen molar-refractivity contribution in [1.82, 2.24) is 4.72 Å². The van der Waals surface area contributed by atoms with Crippen LogP contribution in [0.5, 0.6) is 0 Å². The van der Waals surface area contributed by atoms with Gasteiger partial charge in [-0.25, -0.2) is 13.1 Å². The minimum atomic E-state index is -3.62. The molecule has 1 aromatic rings. The average molecular weight is 350 g/mol. The Kier molecular flexibility index (Phi) is 5.00. The third kappa shape index (κ3) is 4.17. The summed E-state index contributed by atoms with van der Waals surface area (Å²) in [5.74, 6) is 0. The molecule has 0 fully saturated rings. The molecule has 0 bridgehead atoms. The number of rotatable bonds is 5. The lowest BCUT2D eigenvalue weighted by Crippen LogP contribution is -2.48. The highest BCUT2D eigenvalue weighted by molar-refractivity contribution is 9.10. The Morgan fingerprint density at radius 1 is 1.37 bits per heavy atom. The zero-order valence-corrected chi connectivity index (χ0v) is 14.0. The Labute approximate surface area is 123 Å². The summed E-state index contributed by atoms with van der Waals surface area (Å²) in [5.41, 5.74) is 5.69. The lowest BCUT2D eigenvalue weighted by atomic mass is 10.1. The summed E-state index contributed by atoms with van der Waals surface area (Å²) in [5, 5.41) is 0. The van der Waals surface area contributed by atoms with Crippen molar-refractivity contribution in [2.75, 3.05) is 25.5 Å². The van der Waals surface area contributed by atoms with Crippen LogP contribution in [0.25, 0.3) is 0 Å². The molecule has 0 atom stereocenters. The van der Waals surface area contributed by atoms with Gasteiger partial charge in [0, 0.05) is 36.3 Å². The molecule has 1 rings (SSSR count). The summed E-state index contributed by atoms with van der Waals surface area (Å²) < 4.78 is 27.9. The predicted octanol–water partition coefficient (Wildman–Crippen LogP) is 1.53. The zero-order valence-electron chi connectivity index (χ0n) is 11.6. The van der Waals surface area contributed by atoms with E-state index in [9.17, 15) is 8.42 Å². The number of sulfonamides is 1. The van der Waals surface area contributed by atoms with Gasteiger partial charge in [0.05, 0.1) is 4.90 Å². The molecule has 7 heteroatoms. The van der Waals surface area contributed by atoms with Gasteiger partial charge in [-0.05, 0) is 48.0 Å². The highest BCUT2D eigenvalue weighted by atomic mass is 79.9. The summed E-state index contributed by atoms with van der Waals surface area (Å²) in [6.45, 7) is 3.71. The molecule has 5 nitrogen and oxygen atoms in total. The van der Waals surface area contributed by atoms with Gasteiger partial charge in [-0.3, -0.25) is 0 Å². The molecule has 0 unspecified atom stereocenters. The fourth-order valence-electron chi connectivity index (χ4n) is 1.44. The van der Waals surface area contributed by atoms with Crippen LogP contribution >= 0.6 is 15.9 Å². The monoisotopic (exact) mass is 349 g/mol. The van der Waals surface area contributed by atoms with E-state index >= 15 is 0 Å². The van der Waals surface area contributed by atoms with Crippen molar-refractivity contribution >= 4 is 31.6 Å². The van der Waals surface area contributed by atoms with Gasteiger partial charge in [0.2, 0.25) is 10.0 Å². The van der Waals surface area contributed by atoms with Crippen molar-refractivity contribution in [2.24, 2.45) is 5.73 Å². The van der Waals surface area contributed by atoms with Crippen molar-refractivity contribution in [3.8, 4) is 0 Å². The minimum Gasteiger partial charge on any atom is -0.378 e.